The van der Waals surface area contributed by atoms with Crippen LogP contribution in [0.25, 0.3) is 0 Å². The molecular formula is C15H27N3O. The van der Waals surface area contributed by atoms with Crippen LogP contribution in [-0.4, -0.2) is 37.2 Å². The van der Waals surface area contributed by atoms with Gasteiger partial charge in [0, 0.05) is 25.2 Å². The van der Waals surface area contributed by atoms with Crippen molar-refractivity contribution >= 4 is 11.4 Å². The average molecular weight is 265 g/mol. The number of anilines is 2. The van der Waals surface area contributed by atoms with Crippen molar-refractivity contribution in [2.24, 2.45) is 0 Å². The molecule has 0 aliphatic heterocycles. The maximum absolute atomic E-state index is 6.03. The summed E-state index contributed by atoms with van der Waals surface area (Å²) in [4.78, 5) is 2.45. The highest BCUT2D eigenvalue weighted by Crippen LogP contribution is 2.28. The van der Waals surface area contributed by atoms with E-state index in [1.54, 1.807) is 7.11 Å². The molecule has 1 aromatic carbocycles. The van der Waals surface area contributed by atoms with E-state index in [1.807, 2.05) is 18.2 Å². The predicted molar refractivity (Wildman–Crippen MR) is 82.9 cm³/mol. The molecule has 0 amide bonds. The van der Waals surface area contributed by atoms with Crippen molar-refractivity contribution < 1.29 is 4.74 Å². The van der Waals surface area contributed by atoms with Crippen LogP contribution in [0, 0.1) is 0 Å². The maximum atomic E-state index is 6.03. The van der Waals surface area contributed by atoms with Gasteiger partial charge in [-0.3, -0.25) is 4.90 Å². The van der Waals surface area contributed by atoms with Gasteiger partial charge in [-0.25, -0.2) is 0 Å². The maximum Gasteiger partial charge on any atom is 0.143 e. The third-order valence-corrected chi connectivity index (χ3v) is 3.30. The van der Waals surface area contributed by atoms with Crippen molar-refractivity contribution in [1.29, 1.82) is 0 Å². The SMILES string of the molecule is COc1cccc(NCCN(C(C)C)C(C)C)c1N. The Morgan fingerprint density at radius 1 is 1.21 bits per heavy atom. The number of nitrogens with zero attached hydrogens (tertiary/aromatic N) is 1. The zero-order valence-corrected chi connectivity index (χ0v) is 12.7. The van der Waals surface area contributed by atoms with Crippen LogP contribution >= 0.6 is 0 Å². The van der Waals surface area contributed by atoms with Gasteiger partial charge in [0.25, 0.3) is 0 Å². The fourth-order valence-electron chi connectivity index (χ4n) is 2.31. The van der Waals surface area contributed by atoms with Gasteiger partial charge in [-0.2, -0.15) is 0 Å². The Kier molecular flexibility index (Phi) is 5.96. The molecule has 0 aromatic heterocycles. The van der Waals surface area contributed by atoms with Crippen molar-refractivity contribution in [3.63, 3.8) is 0 Å². The summed E-state index contributed by atoms with van der Waals surface area (Å²) >= 11 is 0. The second-order valence-electron chi connectivity index (χ2n) is 5.27. The standard InChI is InChI=1S/C15H27N3O/c1-11(2)18(12(3)4)10-9-17-13-7-6-8-14(19-5)15(13)16/h6-8,11-12,17H,9-10,16H2,1-5H3. The van der Waals surface area contributed by atoms with Gasteiger partial charge in [0.15, 0.2) is 0 Å². The molecule has 3 N–H and O–H groups in total. The highest BCUT2D eigenvalue weighted by molar-refractivity contribution is 5.72. The number of nitrogen functional groups attached to an aromatic ring is 1. The molecule has 19 heavy (non-hydrogen) atoms. The summed E-state index contributed by atoms with van der Waals surface area (Å²) in [5.41, 5.74) is 7.64. The molecule has 0 saturated heterocycles. The molecule has 0 aliphatic rings. The van der Waals surface area contributed by atoms with Gasteiger partial charge in [-0.1, -0.05) is 6.07 Å². The normalized spacial score (nSPS) is 11.4. The average Bonchev–Trinajstić information content (AvgIpc) is 2.35. The van der Waals surface area contributed by atoms with Crippen LogP contribution in [0.3, 0.4) is 0 Å². The molecule has 1 rings (SSSR count). The first kappa shape index (κ1) is 15.6. The second-order valence-corrected chi connectivity index (χ2v) is 5.27. The second kappa shape index (κ2) is 7.24. The highest BCUT2D eigenvalue weighted by atomic mass is 16.5. The van der Waals surface area contributed by atoms with Crippen molar-refractivity contribution in [3.05, 3.63) is 18.2 Å². The smallest absolute Gasteiger partial charge is 0.143 e. The summed E-state index contributed by atoms with van der Waals surface area (Å²) in [6.45, 7) is 10.7. The molecule has 108 valence electrons. The first-order valence-corrected chi connectivity index (χ1v) is 6.89. The first-order chi connectivity index (χ1) is 8.97. The van der Waals surface area contributed by atoms with E-state index in [2.05, 4.69) is 37.9 Å². The fourth-order valence-corrected chi connectivity index (χ4v) is 2.31. The van der Waals surface area contributed by atoms with Gasteiger partial charge < -0.3 is 15.8 Å². The number of hydrogen-bond acceptors (Lipinski definition) is 4. The Hall–Kier alpha value is -1.42. The van der Waals surface area contributed by atoms with Crippen LogP contribution in [0.4, 0.5) is 11.4 Å². The Balaban J connectivity index is 2.58. The monoisotopic (exact) mass is 265 g/mol. The summed E-state index contributed by atoms with van der Waals surface area (Å²) in [6, 6.07) is 6.89. The molecule has 0 fully saturated rings. The van der Waals surface area contributed by atoms with Gasteiger partial charge in [0.1, 0.15) is 5.75 Å². The Bertz CT molecular complexity index is 383. The molecule has 0 radical (unpaired) electrons. The largest absolute Gasteiger partial charge is 0.495 e. The van der Waals surface area contributed by atoms with Gasteiger partial charge in [-0.05, 0) is 39.8 Å². The van der Waals surface area contributed by atoms with Gasteiger partial charge >= 0.3 is 0 Å². The van der Waals surface area contributed by atoms with Crippen molar-refractivity contribution in [2.75, 3.05) is 31.2 Å². The Morgan fingerprint density at radius 3 is 2.37 bits per heavy atom. The Morgan fingerprint density at radius 2 is 1.84 bits per heavy atom. The molecule has 4 heteroatoms. The number of para-hydroxylation sites is 1. The molecule has 1 aromatic rings. The van der Waals surface area contributed by atoms with E-state index < -0.39 is 0 Å². The molecule has 0 aliphatic carbocycles. The number of nitrogens with two attached hydrogens (primary N) is 1. The Labute approximate surface area is 116 Å². The molecule has 0 atom stereocenters. The van der Waals surface area contributed by atoms with Crippen molar-refractivity contribution in [2.45, 2.75) is 39.8 Å². The summed E-state index contributed by atoms with van der Waals surface area (Å²) in [5.74, 6) is 0.717. The minimum absolute atomic E-state index is 0.546. The van der Waals surface area contributed by atoms with E-state index in [4.69, 9.17) is 10.5 Å². The first-order valence-electron chi connectivity index (χ1n) is 6.89. The summed E-state index contributed by atoms with van der Waals surface area (Å²) in [7, 11) is 1.63. The van der Waals surface area contributed by atoms with Crippen LogP contribution in [-0.2, 0) is 0 Å². The van der Waals surface area contributed by atoms with Gasteiger partial charge in [0.05, 0.1) is 18.5 Å². The highest BCUT2D eigenvalue weighted by Gasteiger charge is 2.12. The van der Waals surface area contributed by atoms with Gasteiger partial charge in [-0.15, -0.1) is 0 Å². The minimum atomic E-state index is 0.546. The number of nitrogens with one attached hydrogen (secondary N) is 1. The van der Waals surface area contributed by atoms with E-state index in [0.717, 1.165) is 24.5 Å². The van der Waals surface area contributed by atoms with Crippen molar-refractivity contribution in [3.8, 4) is 5.75 Å². The van der Waals surface area contributed by atoms with Crippen LogP contribution in [0.5, 0.6) is 5.75 Å². The number of hydrogen-bond donors (Lipinski definition) is 2. The van der Waals surface area contributed by atoms with E-state index >= 15 is 0 Å². The zero-order chi connectivity index (χ0) is 14.4. The quantitative estimate of drug-likeness (QED) is 0.744. The molecule has 0 spiro atoms. The molecule has 0 heterocycles. The lowest BCUT2D eigenvalue weighted by molar-refractivity contribution is 0.182. The molecule has 4 nitrogen and oxygen atoms in total. The topological polar surface area (TPSA) is 50.5 Å². The van der Waals surface area contributed by atoms with E-state index in [9.17, 15) is 0 Å². The van der Waals surface area contributed by atoms with E-state index in [-0.39, 0.29) is 0 Å². The van der Waals surface area contributed by atoms with E-state index in [1.165, 1.54) is 0 Å². The molecule has 0 bridgehead atoms. The molecule has 0 saturated carbocycles. The minimum Gasteiger partial charge on any atom is -0.495 e. The zero-order valence-electron chi connectivity index (χ0n) is 12.7. The number of rotatable bonds is 7. The third kappa shape index (κ3) is 4.31. The lowest BCUT2D eigenvalue weighted by atomic mass is 10.2. The summed E-state index contributed by atoms with van der Waals surface area (Å²) in [6.07, 6.45) is 0. The van der Waals surface area contributed by atoms with E-state index in [0.29, 0.717) is 17.8 Å². The van der Waals surface area contributed by atoms with Crippen LogP contribution in [0.15, 0.2) is 18.2 Å². The van der Waals surface area contributed by atoms with Crippen LogP contribution < -0.4 is 15.8 Å². The van der Waals surface area contributed by atoms with Crippen molar-refractivity contribution in [1.82, 2.24) is 4.90 Å². The lowest BCUT2D eigenvalue weighted by Gasteiger charge is -2.30. The summed E-state index contributed by atoms with van der Waals surface area (Å²) < 4.78 is 5.21. The predicted octanol–water partition coefficient (Wildman–Crippen LogP) is 2.81. The number of ether oxygens (including phenoxy) is 1. The van der Waals surface area contributed by atoms with Crippen LogP contribution in [0.2, 0.25) is 0 Å². The fraction of sp³-hybridized carbons (Fsp3) is 0.600. The summed E-state index contributed by atoms with van der Waals surface area (Å²) in [5, 5.41) is 3.38. The number of methoxy groups -OCH3 is 1. The van der Waals surface area contributed by atoms with Crippen LogP contribution in [0.1, 0.15) is 27.7 Å². The van der Waals surface area contributed by atoms with Gasteiger partial charge in [0.2, 0.25) is 0 Å². The third-order valence-electron chi connectivity index (χ3n) is 3.30. The number of benzene rings is 1. The lowest BCUT2D eigenvalue weighted by Crippen LogP contribution is -2.40. The molecular weight excluding hydrogens is 238 g/mol. The molecule has 0 unspecified atom stereocenters.